The van der Waals surface area contributed by atoms with Gasteiger partial charge in [0.2, 0.25) is 11.8 Å². The molecule has 4 aliphatic heterocycles. The summed E-state index contributed by atoms with van der Waals surface area (Å²) < 4.78 is 0. The zero-order valence-electron chi connectivity index (χ0n) is 26.0. The van der Waals surface area contributed by atoms with E-state index in [2.05, 4.69) is 36.7 Å². The number of amides is 2. The number of nitrogens with zero attached hydrogens (tertiary/aromatic N) is 6. The van der Waals surface area contributed by atoms with Gasteiger partial charge in [-0.3, -0.25) is 19.4 Å². The van der Waals surface area contributed by atoms with E-state index in [4.69, 9.17) is 0 Å². The van der Waals surface area contributed by atoms with Crippen molar-refractivity contribution in [3.63, 3.8) is 0 Å². The van der Waals surface area contributed by atoms with E-state index in [0.29, 0.717) is 24.8 Å². The monoisotopic (exact) mass is 561 g/mol. The fourth-order valence-electron chi connectivity index (χ4n) is 6.99. The molecule has 0 saturated carbocycles. The maximum absolute atomic E-state index is 13.0. The number of carbonyl (C=O) groups is 2. The number of piperidine rings is 3. The van der Waals surface area contributed by atoms with Crippen molar-refractivity contribution in [3.05, 3.63) is 0 Å². The van der Waals surface area contributed by atoms with E-state index in [1.165, 1.54) is 51.9 Å². The predicted molar refractivity (Wildman–Crippen MR) is 162 cm³/mol. The van der Waals surface area contributed by atoms with Gasteiger partial charge in [0, 0.05) is 79.4 Å². The molecule has 0 bridgehead atoms. The summed E-state index contributed by atoms with van der Waals surface area (Å²) in [7, 11) is 3.74. The Bertz CT molecular complexity index is 751. The summed E-state index contributed by atoms with van der Waals surface area (Å²) in [6.45, 7) is 19.8. The molecular weight excluding hydrogens is 502 g/mol. The average Bonchev–Trinajstić information content (AvgIpc) is 2.98. The third-order valence-corrected chi connectivity index (χ3v) is 10.3. The van der Waals surface area contributed by atoms with E-state index in [-0.39, 0.29) is 11.8 Å². The highest BCUT2D eigenvalue weighted by Crippen LogP contribution is 2.22. The van der Waals surface area contributed by atoms with Crippen molar-refractivity contribution in [3.8, 4) is 0 Å². The number of rotatable bonds is 12. The summed E-state index contributed by atoms with van der Waals surface area (Å²) in [6, 6.07) is 0. The van der Waals surface area contributed by atoms with Crippen LogP contribution in [0.5, 0.6) is 0 Å². The van der Waals surface area contributed by atoms with Crippen molar-refractivity contribution < 1.29 is 9.59 Å². The molecule has 4 fully saturated rings. The highest BCUT2D eigenvalue weighted by atomic mass is 16.2. The first kappa shape index (κ1) is 31.7. The zero-order valence-corrected chi connectivity index (χ0v) is 26.0. The quantitative estimate of drug-likeness (QED) is 0.386. The van der Waals surface area contributed by atoms with Gasteiger partial charge in [-0.25, -0.2) is 0 Å². The molecule has 0 aliphatic carbocycles. The van der Waals surface area contributed by atoms with Crippen LogP contribution in [0.2, 0.25) is 0 Å². The largest absolute Gasteiger partial charge is 0.359 e. The number of hydrogen-bond donors (Lipinski definition) is 1. The topological polar surface area (TPSA) is 65.6 Å². The van der Waals surface area contributed by atoms with Crippen LogP contribution in [0, 0.1) is 17.8 Å². The molecule has 0 unspecified atom stereocenters. The molecule has 0 aromatic rings. The van der Waals surface area contributed by atoms with Gasteiger partial charge in [-0.05, 0) is 95.5 Å². The Morgan fingerprint density at radius 1 is 0.650 bits per heavy atom. The van der Waals surface area contributed by atoms with E-state index in [1.54, 1.807) is 7.05 Å². The highest BCUT2D eigenvalue weighted by Gasteiger charge is 2.26. The van der Waals surface area contributed by atoms with Crippen LogP contribution in [0.4, 0.5) is 0 Å². The molecule has 9 heteroatoms. The van der Waals surface area contributed by atoms with Crippen molar-refractivity contribution >= 4 is 11.8 Å². The first-order chi connectivity index (χ1) is 19.4. The second kappa shape index (κ2) is 16.4. The van der Waals surface area contributed by atoms with Crippen LogP contribution in [0.1, 0.15) is 51.9 Å². The van der Waals surface area contributed by atoms with Crippen LogP contribution in [0.15, 0.2) is 0 Å². The van der Waals surface area contributed by atoms with Crippen LogP contribution in [0.25, 0.3) is 0 Å². The summed E-state index contributed by atoms with van der Waals surface area (Å²) in [6.07, 6.45) is 8.06. The fraction of sp³-hybridized carbons (Fsp3) is 0.935. The minimum atomic E-state index is 0.181. The predicted octanol–water partition coefficient (Wildman–Crippen LogP) is 1.35. The molecule has 0 spiro atoms. The summed E-state index contributed by atoms with van der Waals surface area (Å²) in [5.74, 6) is 2.55. The molecule has 2 amide bonds. The van der Waals surface area contributed by atoms with Crippen molar-refractivity contribution in [2.45, 2.75) is 51.9 Å². The standard InChI is InChI=1S/C31H59N7O2/c1-27-4-10-34(11-5-27)18-19-37-20-22-38(23-21-37)26-31(40)33(3)25-29-8-14-36(15-9-29)17-16-35-12-6-28(7-13-35)24-30(39)32-2/h27-29H,4-26H2,1-3H3,(H,32,39). The molecule has 0 aromatic heterocycles. The average molecular weight is 562 g/mol. The van der Waals surface area contributed by atoms with Gasteiger partial charge in [0.15, 0.2) is 0 Å². The van der Waals surface area contributed by atoms with Crippen molar-refractivity contribution in [1.82, 2.24) is 34.7 Å². The lowest BCUT2D eigenvalue weighted by atomic mass is 9.93. The van der Waals surface area contributed by atoms with Crippen LogP contribution >= 0.6 is 0 Å². The maximum atomic E-state index is 13.0. The van der Waals surface area contributed by atoms with E-state index < -0.39 is 0 Å². The van der Waals surface area contributed by atoms with Gasteiger partial charge < -0.3 is 24.9 Å². The molecule has 9 nitrogen and oxygen atoms in total. The lowest BCUT2D eigenvalue weighted by molar-refractivity contribution is -0.132. The molecule has 4 rings (SSSR count). The van der Waals surface area contributed by atoms with Gasteiger partial charge in [-0.1, -0.05) is 6.92 Å². The van der Waals surface area contributed by atoms with Gasteiger partial charge in [0.1, 0.15) is 0 Å². The maximum Gasteiger partial charge on any atom is 0.236 e. The van der Waals surface area contributed by atoms with E-state index in [1.807, 2.05) is 11.9 Å². The Morgan fingerprint density at radius 2 is 1.07 bits per heavy atom. The number of hydrogen-bond acceptors (Lipinski definition) is 7. The molecule has 40 heavy (non-hydrogen) atoms. The summed E-state index contributed by atoms with van der Waals surface area (Å²) in [5, 5.41) is 2.76. The smallest absolute Gasteiger partial charge is 0.236 e. The molecule has 230 valence electrons. The summed E-state index contributed by atoms with van der Waals surface area (Å²) >= 11 is 0. The molecule has 0 aromatic carbocycles. The van der Waals surface area contributed by atoms with Gasteiger partial charge in [-0.2, -0.15) is 0 Å². The Kier molecular flexibility index (Phi) is 13.0. The zero-order chi connectivity index (χ0) is 28.3. The minimum Gasteiger partial charge on any atom is -0.359 e. The second-order valence-corrected chi connectivity index (χ2v) is 13.4. The van der Waals surface area contributed by atoms with Gasteiger partial charge in [0.05, 0.1) is 6.54 Å². The van der Waals surface area contributed by atoms with Gasteiger partial charge in [0.25, 0.3) is 0 Å². The summed E-state index contributed by atoms with van der Waals surface area (Å²) in [4.78, 5) is 39.4. The fourth-order valence-corrected chi connectivity index (χ4v) is 6.99. The van der Waals surface area contributed by atoms with E-state index in [0.717, 1.165) is 90.8 Å². The first-order valence-electron chi connectivity index (χ1n) is 16.4. The van der Waals surface area contributed by atoms with Gasteiger partial charge in [-0.15, -0.1) is 0 Å². The van der Waals surface area contributed by atoms with Gasteiger partial charge >= 0.3 is 0 Å². The number of carbonyl (C=O) groups excluding carboxylic acids is 2. The number of likely N-dealkylation sites (tertiary alicyclic amines) is 3. The second-order valence-electron chi connectivity index (χ2n) is 13.4. The first-order valence-corrected chi connectivity index (χ1v) is 16.4. The minimum absolute atomic E-state index is 0.181. The normalized spacial score (nSPS) is 24.4. The number of piperazine rings is 1. The lowest BCUT2D eigenvalue weighted by Gasteiger charge is -2.38. The molecular formula is C31H59N7O2. The molecule has 4 heterocycles. The molecule has 0 atom stereocenters. The molecule has 0 radical (unpaired) electrons. The number of likely N-dealkylation sites (N-methyl/N-ethyl adjacent to an activating group) is 1. The highest BCUT2D eigenvalue weighted by molar-refractivity contribution is 5.78. The Hall–Kier alpha value is -1.26. The van der Waals surface area contributed by atoms with Crippen LogP contribution in [0.3, 0.4) is 0 Å². The van der Waals surface area contributed by atoms with Crippen LogP contribution < -0.4 is 5.32 Å². The van der Waals surface area contributed by atoms with Crippen LogP contribution in [-0.2, 0) is 9.59 Å². The van der Waals surface area contributed by atoms with E-state index >= 15 is 0 Å². The van der Waals surface area contributed by atoms with E-state index in [9.17, 15) is 9.59 Å². The van der Waals surface area contributed by atoms with Crippen molar-refractivity contribution in [2.75, 3.05) is 119 Å². The van der Waals surface area contributed by atoms with Crippen molar-refractivity contribution in [1.29, 1.82) is 0 Å². The Labute approximate surface area is 244 Å². The molecule has 4 saturated heterocycles. The Balaban J connectivity index is 1.03. The molecule has 4 aliphatic rings. The summed E-state index contributed by atoms with van der Waals surface area (Å²) in [5.41, 5.74) is 0. The Morgan fingerprint density at radius 3 is 1.57 bits per heavy atom. The molecule has 1 N–H and O–H groups in total. The number of nitrogens with one attached hydrogen (secondary N) is 1. The lowest BCUT2D eigenvalue weighted by Crippen LogP contribution is -2.51. The SMILES string of the molecule is CNC(=O)CC1CCN(CCN2CCC(CN(C)C(=O)CN3CCN(CCN4CCC(C)CC4)CC3)CC2)CC1. The third kappa shape index (κ3) is 10.5. The van der Waals surface area contributed by atoms with Crippen molar-refractivity contribution in [2.24, 2.45) is 17.8 Å². The third-order valence-electron chi connectivity index (χ3n) is 10.3. The van der Waals surface area contributed by atoms with Crippen LogP contribution in [-0.4, -0.2) is 160 Å².